The maximum atomic E-state index is 13.4. The Morgan fingerprint density at radius 2 is 1.68 bits per heavy atom. The number of benzene rings is 2. The molecule has 0 radical (unpaired) electrons. The topological polar surface area (TPSA) is 0 Å². The zero-order valence-electron chi connectivity index (χ0n) is 10.5. The van der Waals surface area contributed by atoms with E-state index in [9.17, 15) is 4.39 Å². The summed E-state index contributed by atoms with van der Waals surface area (Å²) in [4.78, 5) is 0.0530. The van der Waals surface area contributed by atoms with E-state index in [-0.39, 0.29) is 10.6 Å². The van der Waals surface area contributed by atoms with Crippen LogP contribution >= 0.6 is 54.5 Å². The summed E-state index contributed by atoms with van der Waals surface area (Å²) in [6.07, 6.45) is 0. The number of rotatable bonds is 2. The molecule has 0 bridgehead atoms. The predicted molar refractivity (Wildman–Crippen MR) is 93.5 cm³/mol. The fourth-order valence-corrected chi connectivity index (χ4v) is 4.58. The van der Waals surface area contributed by atoms with Gasteiger partial charge in [0.05, 0.1) is 4.83 Å². The third-order valence-electron chi connectivity index (χ3n) is 3.04. The molecule has 0 aliphatic rings. The minimum absolute atomic E-state index is 0.0530. The average molecular weight is 498 g/mol. The summed E-state index contributed by atoms with van der Waals surface area (Å²) in [6, 6.07) is 9.39. The molecule has 0 fully saturated rings. The minimum Gasteiger partial charge on any atom is -0.207 e. The summed E-state index contributed by atoms with van der Waals surface area (Å²) >= 11 is 9.63. The van der Waals surface area contributed by atoms with Gasteiger partial charge in [-0.2, -0.15) is 0 Å². The van der Waals surface area contributed by atoms with Crippen LogP contribution in [0.1, 0.15) is 27.1 Å². The van der Waals surface area contributed by atoms with Crippen LogP contribution in [0.2, 0.25) is 0 Å². The number of alkyl halides is 1. The molecule has 2 aromatic carbocycles. The van der Waals surface area contributed by atoms with Gasteiger partial charge in [-0.15, -0.1) is 0 Å². The van der Waals surface area contributed by atoms with Crippen molar-refractivity contribution in [3.8, 4) is 0 Å². The number of aryl methyl sites for hydroxylation is 2. The molecular weight excluding hydrogens is 486 g/mol. The van der Waals surface area contributed by atoms with Gasteiger partial charge in [0.1, 0.15) is 5.82 Å². The average Bonchev–Trinajstić information content (AvgIpc) is 2.30. The summed E-state index contributed by atoms with van der Waals surface area (Å²) in [7, 11) is 0. The van der Waals surface area contributed by atoms with E-state index < -0.39 is 0 Å². The van der Waals surface area contributed by atoms with E-state index >= 15 is 0 Å². The Hall–Kier alpha value is 0.0600. The molecule has 100 valence electrons. The zero-order valence-corrected chi connectivity index (χ0v) is 15.8. The maximum absolute atomic E-state index is 13.4. The molecule has 0 N–H and O–H groups in total. The first kappa shape index (κ1) is 15.4. The molecule has 2 rings (SSSR count). The van der Waals surface area contributed by atoms with E-state index in [4.69, 9.17) is 0 Å². The van der Waals surface area contributed by atoms with E-state index in [0.29, 0.717) is 0 Å². The molecule has 0 spiro atoms. The second-order valence-electron chi connectivity index (χ2n) is 4.48. The largest absolute Gasteiger partial charge is 0.207 e. The lowest BCUT2D eigenvalue weighted by Crippen LogP contribution is -2.01. The molecular formula is C15H12Br2FI. The van der Waals surface area contributed by atoms with E-state index in [1.54, 1.807) is 12.1 Å². The number of halogens is 4. The van der Waals surface area contributed by atoms with Crippen LogP contribution in [0.15, 0.2) is 34.8 Å². The molecule has 0 aromatic heterocycles. The van der Waals surface area contributed by atoms with Crippen molar-refractivity contribution in [2.24, 2.45) is 0 Å². The van der Waals surface area contributed by atoms with Gasteiger partial charge in [-0.3, -0.25) is 0 Å². The molecule has 0 saturated heterocycles. The normalized spacial score (nSPS) is 12.5. The van der Waals surface area contributed by atoms with Crippen molar-refractivity contribution in [2.75, 3.05) is 0 Å². The van der Waals surface area contributed by atoms with Crippen LogP contribution in [-0.4, -0.2) is 0 Å². The van der Waals surface area contributed by atoms with Gasteiger partial charge in [0.25, 0.3) is 0 Å². The number of hydrogen-bond donors (Lipinski definition) is 0. The van der Waals surface area contributed by atoms with Gasteiger partial charge in [0.15, 0.2) is 0 Å². The van der Waals surface area contributed by atoms with Crippen molar-refractivity contribution in [1.82, 2.24) is 0 Å². The molecule has 2 aromatic rings. The smallest absolute Gasteiger partial charge is 0.123 e. The highest BCUT2D eigenvalue weighted by atomic mass is 127. The molecule has 1 atom stereocenters. The molecule has 0 aliphatic heterocycles. The monoisotopic (exact) mass is 496 g/mol. The van der Waals surface area contributed by atoms with Crippen molar-refractivity contribution in [1.29, 1.82) is 0 Å². The van der Waals surface area contributed by atoms with Crippen LogP contribution in [0.5, 0.6) is 0 Å². The van der Waals surface area contributed by atoms with Gasteiger partial charge in [0.2, 0.25) is 0 Å². The standard InChI is InChI=1S/C15H12Br2FI/c1-8-5-10(18)6-9(2)14(8)15(17)12-7-11(19)3-4-13(12)16/h3-7,15H,1-2H3. The Balaban J connectivity index is 2.56. The first-order valence-corrected chi connectivity index (χ1v) is 8.54. The third kappa shape index (κ3) is 3.39. The summed E-state index contributed by atoms with van der Waals surface area (Å²) in [6.45, 7) is 3.89. The Kier molecular flexibility index (Phi) is 5.06. The van der Waals surface area contributed by atoms with Crippen molar-refractivity contribution in [3.63, 3.8) is 0 Å². The lowest BCUT2D eigenvalue weighted by Gasteiger charge is -2.18. The van der Waals surface area contributed by atoms with Gasteiger partial charge < -0.3 is 0 Å². The number of hydrogen-bond acceptors (Lipinski definition) is 0. The van der Waals surface area contributed by atoms with Crippen molar-refractivity contribution < 1.29 is 4.39 Å². The fourth-order valence-electron chi connectivity index (χ4n) is 2.19. The Bertz CT molecular complexity index is 603. The molecule has 0 heterocycles. The highest BCUT2D eigenvalue weighted by Gasteiger charge is 2.18. The Morgan fingerprint density at radius 1 is 1.11 bits per heavy atom. The maximum Gasteiger partial charge on any atom is 0.123 e. The Labute approximate surface area is 143 Å². The van der Waals surface area contributed by atoms with Crippen LogP contribution in [0, 0.1) is 23.2 Å². The quantitative estimate of drug-likeness (QED) is 0.338. The third-order valence-corrected chi connectivity index (χ3v) is 5.39. The second kappa shape index (κ2) is 6.22. The highest BCUT2D eigenvalue weighted by molar-refractivity contribution is 14.1. The van der Waals surface area contributed by atoms with Gasteiger partial charge in [-0.05, 0) is 89.0 Å². The van der Waals surface area contributed by atoms with E-state index in [2.05, 4.69) is 66.6 Å². The van der Waals surface area contributed by atoms with Gasteiger partial charge in [0, 0.05) is 8.04 Å². The molecule has 19 heavy (non-hydrogen) atoms. The van der Waals surface area contributed by atoms with Gasteiger partial charge in [-0.25, -0.2) is 4.39 Å². The molecule has 4 heteroatoms. The zero-order chi connectivity index (χ0) is 14.2. The summed E-state index contributed by atoms with van der Waals surface area (Å²) in [5.74, 6) is -0.180. The first-order valence-electron chi connectivity index (χ1n) is 5.76. The minimum atomic E-state index is -0.180. The summed E-state index contributed by atoms with van der Waals surface area (Å²) < 4.78 is 15.6. The Morgan fingerprint density at radius 3 is 2.26 bits per heavy atom. The van der Waals surface area contributed by atoms with Crippen LogP contribution in [0.3, 0.4) is 0 Å². The first-order chi connectivity index (χ1) is 8.90. The molecule has 1 unspecified atom stereocenters. The lowest BCUT2D eigenvalue weighted by molar-refractivity contribution is 0.624. The summed E-state index contributed by atoms with van der Waals surface area (Å²) in [5.41, 5.74) is 4.21. The molecule has 0 amide bonds. The lowest BCUT2D eigenvalue weighted by atomic mass is 9.96. The van der Waals surface area contributed by atoms with Crippen LogP contribution in [-0.2, 0) is 0 Å². The molecule has 0 nitrogen and oxygen atoms in total. The fraction of sp³-hybridized carbons (Fsp3) is 0.200. The van der Waals surface area contributed by atoms with Crippen LogP contribution in [0.25, 0.3) is 0 Å². The summed E-state index contributed by atoms with van der Waals surface area (Å²) in [5, 5.41) is 0. The highest BCUT2D eigenvalue weighted by Crippen LogP contribution is 2.39. The molecule has 0 aliphatic carbocycles. The van der Waals surface area contributed by atoms with Crippen molar-refractivity contribution >= 4 is 54.5 Å². The van der Waals surface area contributed by atoms with Gasteiger partial charge >= 0.3 is 0 Å². The predicted octanol–water partition coefficient (Wildman–Crippen LogP) is 6.29. The second-order valence-corrected chi connectivity index (χ2v) is 7.50. The van der Waals surface area contributed by atoms with Crippen molar-refractivity contribution in [2.45, 2.75) is 18.7 Å². The molecule has 0 saturated carbocycles. The van der Waals surface area contributed by atoms with Crippen LogP contribution < -0.4 is 0 Å². The SMILES string of the molecule is Cc1cc(F)cc(C)c1C(Br)c1cc(I)ccc1Br. The van der Waals surface area contributed by atoms with E-state index in [1.807, 2.05) is 19.9 Å². The van der Waals surface area contributed by atoms with Crippen molar-refractivity contribution in [3.05, 3.63) is 66.4 Å². The van der Waals surface area contributed by atoms with Crippen LogP contribution in [0.4, 0.5) is 4.39 Å². The van der Waals surface area contributed by atoms with Gasteiger partial charge in [-0.1, -0.05) is 31.9 Å². The van der Waals surface area contributed by atoms with E-state index in [1.165, 1.54) is 3.57 Å². The van der Waals surface area contributed by atoms with E-state index in [0.717, 1.165) is 26.7 Å².